The number of hydrogen-bond acceptors (Lipinski definition) is 3. The van der Waals surface area contributed by atoms with Crippen molar-refractivity contribution < 1.29 is 4.79 Å². The minimum Gasteiger partial charge on any atom is -0.365 e. The summed E-state index contributed by atoms with van der Waals surface area (Å²) in [4.78, 5) is 11.8. The second-order valence-electron chi connectivity index (χ2n) is 6.20. The van der Waals surface area contributed by atoms with E-state index in [2.05, 4.69) is 17.3 Å². The minimum absolute atomic E-state index is 0.322. The van der Waals surface area contributed by atoms with Crippen molar-refractivity contribution in [1.82, 2.24) is 9.78 Å². The lowest BCUT2D eigenvalue weighted by Crippen LogP contribution is -2.21. The number of halogens is 1. The van der Waals surface area contributed by atoms with E-state index in [1.54, 1.807) is 18.3 Å². The molecule has 1 aromatic carbocycles. The lowest BCUT2D eigenvalue weighted by molar-refractivity contribution is 0.100. The predicted octanol–water partition coefficient (Wildman–Crippen LogP) is 4.13. The monoisotopic (exact) mass is 332 g/mol. The Labute approximate surface area is 140 Å². The van der Waals surface area contributed by atoms with Crippen LogP contribution in [-0.4, -0.2) is 15.7 Å². The topological polar surface area (TPSA) is 72.9 Å². The van der Waals surface area contributed by atoms with Gasteiger partial charge in [-0.15, -0.1) is 0 Å². The lowest BCUT2D eigenvalue weighted by Gasteiger charge is -2.28. The maximum atomic E-state index is 11.8. The Balaban J connectivity index is 1.89. The van der Waals surface area contributed by atoms with Crippen molar-refractivity contribution in [3.05, 3.63) is 41.0 Å². The van der Waals surface area contributed by atoms with E-state index in [0.717, 1.165) is 12.1 Å². The molecule has 3 rings (SSSR count). The Hall–Kier alpha value is -2.01. The Kier molecular flexibility index (Phi) is 4.57. The van der Waals surface area contributed by atoms with E-state index >= 15 is 0 Å². The fourth-order valence-corrected chi connectivity index (χ4v) is 3.32. The van der Waals surface area contributed by atoms with Gasteiger partial charge in [-0.25, -0.2) is 0 Å². The van der Waals surface area contributed by atoms with Crippen LogP contribution in [0.15, 0.2) is 30.5 Å². The number of amides is 1. The van der Waals surface area contributed by atoms with Gasteiger partial charge in [0.05, 0.1) is 6.04 Å². The van der Waals surface area contributed by atoms with Gasteiger partial charge in [-0.3, -0.25) is 9.48 Å². The quantitative estimate of drug-likeness (QED) is 0.884. The molecule has 1 amide bonds. The number of nitrogens with zero attached hydrogens (tertiary/aromatic N) is 2. The highest BCUT2D eigenvalue weighted by molar-refractivity contribution is 6.30. The summed E-state index contributed by atoms with van der Waals surface area (Å²) in [7, 11) is 0. The summed E-state index contributed by atoms with van der Waals surface area (Å²) in [6.07, 6.45) is 6.50. The molecule has 3 N–H and O–H groups in total. The zero-order valence-electron chi connectivity index (χ0n) is 13.1. The molecule has 122 valence electrons. The van der Waals surface area contributed by atoms with E-state index in [1.165, 1.54) is 19.3 Å². The predicted molar refractivity (Wildman–Crippen MR) is 92.1 cm³/mol. The fourth-order valence-electron chi connectivity index (χ4n) is 3.19. The fraction of sp³-hybridized carbons (Fsp3) is 0.412. The molecule has 1 heterocycles. The maximum Gasteiger partial charge on any atom is 0.254 e. The molecule has 5 nitrogen and oxygen atoms in total. The highest BCUT2D eigenvalue weighted by atomic mass is 35.5. The van der Waals surface area contributed by atoms with Gasteiger partial charge < -0.3 is 11.1 Å². The molecule has 0 spiro atoms. The van der Waals surface area contributed by atoms with Gasteiger partial charge in [-0.05, 0) is 43.0 Å². The molecule has 1 aromatic heterocycles. The summed E-state index contributed by atoms with van der Waals surface area (Å²) in [5.74, 6) is 0.571. The smallest absolute Gasteiger partial charge is 0.254 e. The highest BCUT2D eigenvalue weighted by Crippen LogP contribution is 2.34. The van der Waals surface area contributed by atoms with Gasteiger partial charge in [0.25, 0.3) is 5.91 Å². The van der Waals surface area contributed by atoms with Crippen LogP contribution in [0.5, 0.6) is 0 Å². The van der Waals surface area contributed by atoms with Crippen LogP contribution in [-0.2, 0) is 0 Å². The Morgan fingerprint density at radius 2 is 2.00 bits per heavy atom. The molecule has 1 aliphatic carbocycles. The van der Waals surface area contributed by atoms with Crippen LogP contribution in [0.4, 0.5) is 11.5 Å². The first-order valence-electron chi connectivity index (χ1n) is 7.96. The van der Waals surface area contributed by atoms with Crippen molar-refractivity contribution in [2.75, 3.05) is 5.32 Å². The van der Waals surface area contributed by atoms with E-state index in [4.69, 9.17) is 17.3 Å². The average molecular weight is 333 g/mol. The molecule has 2 aromatic rings. The molecular weight excluding hydrogens is 312 g/mol. The first kappa shape index (κ1) is 15.9. The summed E-state index contributed by atoms with van der Waals surface area (Å²) < 4.78 is 1.90. The van der Waals surface area contributed by atoms with Crippen LogP contribution >= 0.6 is 11.6 Å². The Bertz CT molecular complexity index is 695. The molecule has 23 heavy (non-hydrogen) atoms. The van der Waals surface area contributed by atoms with Crippen LogP contribution in [0.3, 0.4) is 0 Å². The molecule has 2 atom stereocenters. The van der Waals surface area contributed by atoms with Crippen LogP contribution in [0, 0.1) is 5.92 Å². The average Bonchev–Trinajstić information content (AvgIpc) is 2.94. The number of nitrogens with two attached hydrogens (primary N) is 1. The molecule has 0 saturated heterocycles. The van der Waals surface area contributed by atoms with Gasteiger partial charge in [-0.2, -0.15) is 5.10 Å². The van der Waals surface area contributed by atoms with E-state index < -0.39 is 5.91 Å². The molecule has 0 bridgehead atoms. The third-order valence-corrected chi connectivity index (χ3v) is 4.76. The number of rotatable bonds is 4. The molecule has 0 aliphatic heterocycles. The van der Waals surface area contributed by atoms with E-state index in [9.17, 15) is 4.79 Å². The van der Waals surface area contributed by atoms with Crippen molar-refractivity contribution >= 4 is 29.0 Å². The first-order valence-corrected chi connectivity index (χ1v) is 8.34. The van der Waals surface area contributed by atoms with Gasteiger partial charge in [0.15, 0.2) is 5.82 Å². The third kappa shape index (κ3) is 3.50. The van der Waals surface area contributed by atoms with E-state index in [0.29, 0.717) is 28.4 Å². The van der Waals surface area contributed by atoms with Crippen LogP contribution in [0.1, 0.15) is 49.0 Å². The first-order chi connectivity index (χ1) is 11.0. The van der Waals surface area contributed by atoms with Crippen molar-refractivity contribution in [2.45, 2.75) is 38.6 Å². The second kappa shape index (κ2) is 6.62. The summed E-state index contributed by atoms with van der Waals surface area (Å²) in [5.41, 5.74) is 6.75. The number of anilines is 2. The van der Waals surface area contributed by atoms with E-state index in [-0.39, 0.29) is 0 Å². The van der Waals surface area contributed by atoms with Gasteiger partial charge in [0, 0.05) is 16.9 Å². The molecule has 6 heteroatoms. The van der Waals surface area contributed by atoms with Gasteiger partial charge in [0.2, 0.25) is 0 Å². The van der Waals surface area contributed by atoms with Gasteiger partial charge in [0.1, 0.15) is 5.56 Å². The zero-order chi connectivity index (χ0) is 16.4. The Morgan fingerprint density at radius 1 is 1.30 bits per heavy atom. The standard InChI is InChI=1S/C17H21ClN4O/c1-11-4-2-3-5-15(11)22-10-14(16(19)23)17(21-22)20-13-8-6-12(18)7-9-13/h6-11,15H,2-5H2,1H3,(H2,19,23)(H,20,21)/t11-,15?/m0/s1. The summed E-state index contributed by atoms with van der Waals surface area (Å²) in [6, 6.07) is 7.58. The van der Waals surface area contributed by atoms with Crippen LogP contribution < -0.4 is 11.1 Å². The van der Waals surface area contributed by atoms with Gasteiger partial charge in [-0.1, -0.05) is 31.4 Å². The molecule has 1 fully saturated rings. The van der Waals surface area contributed by atoms with Gasteiger partial charge >= 0.3 is 0 Å². The number of carbonyl (C=O) groups is 1. The van der Waals surface area contributed by atoms with E-state index in [1.807, 2.05) is 16.8 Å². The normalized spacial score (nSPS) is 21.1. The summed E-state index contributed by atoms with van der Waals surface area (Å²) in [6.45, 7) is 2.24. The number of primary amides is 1. The number of benzene rings is 1. The molecular formula is C17H21ClN4O. The lowest BCUT2D eigenvalue weighted by atomic mass is 9.86. The second-order valence-corrected chi connectivity index (χ2v) is 6.63. The molecule has 1 saturated carbocycles. The summed E-state index contributed by atoms with van der Waals surface area (Å²) in [5, 5.41) is 8.42. The molecule has 1 aliphatic rings. The number of carbonyl (C=O) groups excluding carboxylic acids is 1. The summed E-state index contributed by atoms with van der Waals surface area (Å²) >= 11 is 5.90. The highest BCUT2D eigenvalue weighted by Gasteiger charge is 2.25. The Morgan fingerprint density at radius 3 is 2.65 bits per heavy atom. The third-order valence-electron chi connectivity index (χ3n) is 4.51. The molecule has 0 radical (unpaired) electrons. The largest absolute Gasteiger partial charge is 0.365 e. The van der Waals surface area contributed by atoms with Crippen molar-refractivity contribution in [2.24, 2.45) is 11.7 Å². The van der Waals surface area contributed by atoms with Crippen LogP contribution in [0.2, 0.25) is 5.02 Å². The van der Waals surface area contributed by atoms with Crippen molar-refractivity contribution in [3.8, 4) is 0 Å². The SMILES string of the molecule is C[C@H]1CCCCC1n1cc(C(N)=O)c(Nc2ccc(Cl)cc2)n1. The number of hydrogen-bond donors (Lipinski definition) is 2. The van der Waals surface area contributed by atoms with Crippen LogP contribution in [0.25, 0.3) is 0 Å². The van der Waals surface area contributed by atoms with Crippen molar-refractivity contribution in [1.29, 1.82) is 0 Å². The minimum atomic E-state index is -0.476. The maximum absolute atomic E-state index is 11.8. The zero-order valence-corrected chi connectivity index (χ0v) is 13.9. The molecule has 1 unspecified atom stereocenters. The van der Waals surface area contributed by atoms with Crippen molar-refractivity contribution in [3.63, 3.8) is 0 Å². The number of aromatic nitrogens is 2. The number of nitrogens with one attached hydrogen (secondary N) is 1.